The van der Waals surface area contributed by atoms with Crippen molar-refractivity contribution in [2.45, 2.75) is 6.42 Å². The molecule has 1 rings (SSSR count). The molecule has 0 spiro atoms. The quantitative estimate of drug-likeness (QED) is 0.644. The molecule has 1 N–H and O–H groups in total. The Morgan fingerprint density at radius 2 is 2.14 bits per heavy atom. The van der Waals surface area contributed by atoms with Crippen LogP contribution in [0.2, 0.25) is 0 Å². The fourth-order valence-electron chi connectivity index (χ4n) is 1.01. The van der Waals surface area contributed by atoms with Crippen LogP contribution in [0.15, 0.2) is 29.3 Å². The molecule has 0 aliphatic carbocycles. The van der Waals surface area contributed by atoms with Crippen LogP contribution in [-0.4, -0.2) is 6.54 Å². The predicted octanol–water partition coefficient (Wildman–Crippen LogP) is 3.72. The second-order valence-corrected chi connectivity index (χ2v) is 3.60. The van der Waals surface area contributed by atoms with Gasteiger partial charge in [0.05, 0.1) is 5.69 Å². The van der Waals surface area contributed by atoms with Gasteiger partial charge in [0.15, 0.2) is 0 Å². The summed E-state index contributed by atoms with van der Waals surface area (Å²) in [5.74, 6) is -1.19. The summed E-state index contributed by atoms with van der Waals surface area (Å²) in [5, 5.41) is 2.85. The standard InChI is InChI=1S/C10H10BrF2N/c1-2-3-4-14-10-8(11)5-7(12)6-9(10)13/h2,5-6,14H,1,3-4H2. The van der Waals surface area contributed by atoms with Crippen molar-refractivity contribution in [2.24, 2.45) is 0 Å². The molecule has 1 nitrogen and oxygen atoms in total. The van der Waals surface area contributed by atoms with Gasteiger partial charge in [-0.25, -0.2) is 8.78 Å². The Morgan fingerprint density at radius 3 is 2.71 bits per heavy atom. The molecule has 0 aromatic heterocycles. The highest BCUT2D eigenvalue weighted by Gasteiger charge is 2.08. The summed E-state index contributed by atoms with van der Waals surface area (Å²) >= 11 is 3.08. The van der Waals surface area contributed by atoms with Gasteiger partial charge >= 0.3 is 0 Å². The van der Waals surface area contributed by atoms with Gasteiger partial charge in [0.1, 0.15) is 11.6 Å². The lowest BCUT2D eigenvalue weighted by atomic mass is 10.3. The van der Waals surface area contributed by atoms with Crippen LogP contribution in [0.4, 0.5) is 14.5 Å². The second kappa shape index (κ2) is 5.10. The highest BCUT2D eigenvalue weighted by molar-refractivity contribution is 9.10. The zero-order chi connectivity index (χ0) is 10.6. The van der Waals surface area contributed by atoms with Gasteiger partial charge < -0.3 is 5.32 Å². The molecule has 0 bridgehead atoms. The molecule has 0 aliphatic rings. The molecule has 0 radical (unpaired) electrons. The van der Waals surface area contributed by atoms with Crippen molar-refractivity contribution in [3.05, 3.63) is 40.9 Å². The van der Waals surface area contributed by atoms with Crippen molar-refractivity contribution in [3.8, 4) is 0 Å². The maximum Gasteiger partial charge on any atom is 0.150 e. The summed E-state index contributed by atoms with van der Waals surface area (Å²) in [6, 6.07) is 2.07. The summed E-state index contributed by atoms with van der Waals surface area (Å²) in [6.45, 7) is 4.12. The molecule has 14 heavy (non-hydrogen) atoms. The molecule has 4 heteroatoms. The van der Waals surface area contributed by atoms with Gasteiger partial charge in [0.2, 0.25) is 0 Å². The van der Waals surface area contributed by atoms with Crippen LogP contribution < -0.4 is 5.32 Å². The summed E-state index contributed by atoms with van der Waals surface area (Å²) in [7, 11) is 0. The van der Waals surface area contributed by atoms with E-state index in [-0.39, 0.29) is 5.69 Å². The Kier molecular flexibility index (Phi) is 4.07. The van der Waals surface area contributed by atoms with Crippen molar-refractivity contribution >= 4 is 21.6 Å². The number of rotatable bonds is 4. The van der Waals surface area contributed by atoms with Gasteiger partial charge in [-0.15, -0.1) is 6.58 Å². The minimum Gasteiger partial charge on any atom is -0.381 e. The maximum absolute atomic E-state index is 13.2. The highest BCUT2D eigenvalue weighted by atomic mass is 79.9. The van der Waals surface area contributed by atoms with Gasteiger partial charge in [0.25, 0.3) is 0 Å². The summed E-state index contributed by atoms with van der Waals surface area (Å²) in [6.07, 6.45) is 2.45. The van der Waals surface area contributed by atoms with Gasteiger partial charge in [-0.1, -0.05) is 6.08 Å². The smallest absolute Gasteiger partial charge is 0.150 e. The van der Waals surface area contributed by atoms with Crippen molar-refractivity contribution in [1.82, 2.24) is 0 Å². The number of hydrogen-bond acceptors (Lipinski definition) is 1. The first-order chi connectivity index (χ1) is 6.65. The monoisotopic (exact) mass is 261 g/mol. The molecule has 0 saturated carbocycles. The van der Waals surface area contributed by atoms with Crippen molar-refractivity contribution in [1.29, 1.82) is 0 Å². The topological polar surface area (TPSA) is 12.0 Å². The van der Waals surface area contributed by atoms with E-state index in [1.165, 1.54) is 6.07 Å². The third-order valence-electron chi connectivity index (χ3n) is 1.66. The SMILES string of the molecule is C=CCCNc1c(F)cc(F)cc1Br. The third-order valence-corrected chi connectivity index (χ3v) is 2.28. The van der Waals surface area contributed by atoms with E-state index in [9.17, 15) is 8.78 Å². The molecule has 1 aromatic rings. The van der Waals surface area contributed by atoms with E-state index < -0.39 is 11.6 Å². The largest absolute Gasteiger partial charge is 0.381 e. The van der Waals surface area contributed by atoms with Gasteiger partial charge in [0, 0.05) is 17.1 Å². The van der Waals surface area contributed by atoms with Crippen molar-refractivity contribution in [3.63, 3.8) is 0 Å². The molecule has 0 fully saturated rings. The van der Waals surface area contributed by atoms with Gasteiger partial charge in [-0.3, -0.25) is 0 Å². The second-order valence-electron chi connectivity index (χ2n) is 2.75. The number of nitrogens with one attached hydrogen (secondary N) is 1. The predicted molar refractivity (Wildman–Crippen MR) is 57.4 cm³/mol. The molecule has 0 atom stereocenters. The third kappa shape index (κ3) is 2.80. The number of halogens is 3. The summed E-state index contributed by atoms with van der Waals surface area (Å²) < 4.78 is 26.3. The molecule has 76 valence electrons. The average Bonchev–Trinajstić information content (AvgIpc) is 2.09. The maximum atomic E-state index is 13.2. The van der Waals surface area contributed by atoms with Crippen LogP contribution >= 0.6 is 15.9 Å². The van der Waals surface area contributed by atoms with Crippen LogP contribution in [0.5, 0.6) is 0 Å². The Balaban J connectivity index is 2.80. The normalized spacial score (nSPS) is 9.93. The van der Waals surface area contributed by atoms with E-state index in [2.05, 4.69) is 27.8 Å². The van der Waals surface area contributed by atoms with Crippen molar-refractivity contribution < 1.29 is 8.78 Å². The van der Waals surface area contributed by atoms with E-state index >= 15 is 0 Å². The van der Waals surface area contributed by atoms with E-state index in [1.54, 1.807) is 6.08 Å². The van der Waals surface area contributed by atoms with E-state index in [1.807, 2.05) is 0 Å². The molecule has 0 heterocycles. The lowest BCUT2D eigenvalue weighted by Crippen LogP contribution is -2.03. The summed E-state index contributed by atoms with van der Waals surface area (Å²) in [4.78, 5) is 0. The zero-order valence-electron chi connectivity index (χ0n) is 7.49. The van der Waals surface area contributed by atoms with Crippen LogP contribution in [0, 0.1) is 11.6 Å². The van der Waals surface area contributed by atoms with Crippen LogP contribution in [-0.2, 0) is 0 Å². The summed E-state index contributed by atoms with van der Waals surface area (Å²) in [5.41, 5.74) is 0.285. The van der Waals surface area contributed by atoms with E-state index in [0.29, 0.717) is 11.0 Å². The Hall–Kier alpha value is -0.900. The van der Waals surface area contributed by atoms with Crippen molar-refractivity contribution in [2.75, 3.05) is 11.9 Å². The molecule has 1 aromatic carbocycles. The fourth-order valence-corrected chi connectivity index (χ4v) is 1.56. The molecule has 0 amide bonds. The Bertz CT molecular complexity index is 316. The lowest BCUT2D eigenvalue weighted by molar-refractivity contribution is 0.583. The molecular formula is C10H10BrF2N. The average molecular weight is 262 g/mol. The molecule has 0 aliphatic heterocycles. The minimum absolute atomic E-state index is 0.285. The first kappa shape index (κ1) is 11.2. The fraction of sp³-hybridized carbons (Fsp3) is 0.200. The Labute approximate surface area is 90.0 Å². The number of anilines is 1. The Morgan fingerprint density at radius 1 is 1.43 bits per heavy atom. The first-order valence-electron chi connectivity index (χ1n) is 4.14. The van der Waals surface area contributed by atoms with Gasteiger partial charge in [-0.2, -0.15) is 0 Å². The van der Waals surface area contributed by atoms with Crippen LogP contribution in [0.3, 0.4) is 0 Å². The van der Waals surface area contributed by atoms with E-state index in [4.69, 9.17) is 0 Å². The van der Waals surface area contributed by atoms with Crippen LogP contribution in [0.1, 0.15) is 6.42 Å². The number of hydrogen-bond donors (Lipinski definition) is 1. The number of benzene rings is 1. The highest BCUT2D eigenvalue weighted by Crippen LogP contribution is 2.26. The molecule has 0 saturated heterocycles. The van der Waals surface area contributed by atoms with Crippen LogP contribution in [0.25, 0.3) is 0 Å². The molecule has 0 unspecified atom stereocenters. The van der Waals surface area contributed by atoms with Gasteiger partial charge in [-0.05, 0) is 28.4 Å². The zero-order valence-corrected chi connectivity index (χ0v) is 9.07. The van der Waals surface area contributed by atoms with E-state index in [0.717, 1.165) is 12.5 Å². The lowest BCUT2D eigenvalue weighted by Gasteiger charge is -2.08. The molecular weight excluding hydrogens is 252 g/mol. The minimum atomic E-state index is -0.596. The first-order valence-corrected chi connectivity index (χ1v) is 4.93.